The second-order valence-corrected chi connectivity index (χ2v) is 10.5. The Morgan fingerprint density at radius 1 is 1.19 bits per heavy atom. The third-order valence-corrected chi connectivity index (χ3v) is 6.56. The van der Waals surface area contributed by atoms with Gasteiger partial charge >= 0.3 is 0 Å². The number of carbonyl (C=O) groups excluding carboxylic acids is 1. The zero-order valence-electron chi connectivity index (χ0n) is 18.5. The van der Waals surface area contributed by atoms with Crippen LogP contribution in [-0.4, -0.2) is 52.2 Å². The maximum absolute atomic E-state index is 12.6. The van der Waals surface area contributed by atoms with Gasteiger partial charge in [0.15, 0.2) is 9.84 Å². The monoisotopic (exact) mass is 444 g/mol. The van der Waals surface area contributed by atoms with Gasteiger partial charge in [0, 0.05) is 12.8 Å². The summed E-state index contributed by atoms with van der Waals surface area (Å²) in [5.41, 5.74) is 2.39. The lowest BCUT2D eigenvalue weighted by Crippen LogP contribution is -2.38. The fraction of sp³-hybridized carbons (Fsp3) is 0.458. The van der Waals surface area contributed by atoms with Crippen LogP contribution in [-0.2, 0) is 14.6 Å². The molecule has 0 aliphatic heterocycles. The minimum absolute atomic E-state index is 0.0294. The van der Waals surface area contributed by atoms with E-state index in [4.69, 9.17) is 4.74 Å². The van der Waals surface area contributed by atoms with Crippen molar-refractivity contribution >= 4 is 15.7 Å². The molecular weight excluding hydrogens is 412 g/mol. The van der Waals surface area contributed by atoms with Gasteiger partial charge in [0.2, 0.25) is 5.91 Å². The predicted octanol–water partition coefficient (Wildman–Crippen LogP) is 3.37. The molecular formula is C24H32N2O4S. The summed E-state index contributed by atoms with van der Waals surface area (Å²) in [4.78, 5) is 14.8. The van der Waals surface area contributed by atoms with Gasteiger partial charge in [-0.25, -0.2) is 8.42 Å². The molecule has 0 radical (unpaired) electrons. The minimum Gasteiger partial charge on any atom is -0.494 e. The van der Waals surface area contributed by atoms with Crippen LogP contribution in [0.2, 0.25) is 0 Å². The van der Waals surface area contributed by atoms with Crippen LogP contribution in [0.3, 0.4) is 0 Å². The summed E-state index contributed by atoms with van der Waals surface area (Å²) in [6.45, 7) is 3.55. The van der Waals surface area contributed by atoms with E-state index in [1.807, 2.05) is 11.9 Å². The quantitative estimate of drug-likeness (QED) is 0.538. The third kappa shape index (κ3) is 7.36. The Morgan fingerprint density at radius 2 is 1.90 bits per heavy atom. The minimum atomic E-state index is -3.25. The molecule has 31 heavy (non-hydrogen) atoms. The van der Waals surface area contributed by atoms with Crippen LogP contribution >= 0.6 is 0 Å². The molecule has 3 rings (SSSR count). The van der Waals surface area contributed by atoms with E-state index < -0.39 is 9.84 Å². The van der Waals surface area contributed by atoms with Gasteiger partial charge in [-0.1, -0.05) is 35.9 Å². The lowest BCUT2D eigenvalue weighted by atomic mass is 10.0. The van der Waals surface area contributed by atoms with E-state index in [0.29, 0.717) is 31.4 Å². The number of sulfone groups is 1. The van der Waals surface area contributed by atoms with Crippen molar-refractivity contribution in [1.82, 2.24) is 10.2 Å². The zero-order chi connectivity index (χ0) is 22.4. The van der Waals surface area contributed by atoms with Crippen LogP contribution in [0.1, 0.15) is 36.4 Å². The van der Waals surface area contributed by atoms with E-state index >= 15 is 0 Å². The normalized spacial score (nSPS) is 15.0. The lowest BCUT2D eigenvalue weighted by Gasteiger charge is -2.22. The number of aryl methyl sites for hydroxylation is 1. The lowest BCUT2D eigenvalue weighted by molar-refractivity contribution is -0.122. The zero-order valence-corrected chi connectivity index (χ0v) is 19.3. The van der Waals surface area contributed by atoms with Gasteiger partial charge in [-0.15, -0.1) is 0 Å². The highest BCUT2D eigenvalue weighted by Gasteiger charge is 2.33. The van der Waals surface area contributed by atoms with Crippen molar-refractivity contribution < 1.29 is 17.9 Å². The molecule has 0 aromatic heterocycles. The highest BCUT2D eigenvalue weighted by atomic mass is 32.2. The first-order valence-corrected chi connectivity index (χ1v) is 12.6. The number of nitrogens with zero attached hydrogens (tertiary/aromatic N) is 1. The highest BCUT2D eigenvalue weighted by Crippen LogP contribution is 2.41. The average Bonchev–Trinajstić information content (AvgIpc) is 3.55. The van der Waals surface area contributed by atoms with E-state index in [2.05, 4.69) is 36.5 Å². The summed E-state index contributed by atoms with van der Waals surface area (Å²) in [7, 11) is -1.33. The van der Waals surface area contributed by atoms with Crippen LogP contribution in [0.4, 0.5) is 0 Å². The van der Waals surface area contributed by atoms with Crippen molar-refractivity contribution in [3.63, 3.8) is 0 Å². The molecule has 2 aromatic carbocycles. The van der Waals surface area contributed by atoms with E-state index in [-0.39, 0.29) is 16.8 Å². The maximum Gasteiger partial charge on any atom is 0.234 e. The van der Waals surface area contributed by atoms with Gasteiger partial charge in [0.25, 0.3) is 0 Å². The molecule has 0 bridgehead atoms. The summed E-state index contributed by atoms with van der Waals surface area (Å²) >= 11 is 0. The summed E-state index contributed by atoms with van der Waals surface area (Å²) in [5.74, 6) is 1.10. The highest BCUT2D eigenvalue weighted by molar-refractivity contribution is 7.90. The maximum atomic E-state index is 12.6. The molecule has 1 aliphatic rings. The van der Waals surface area contributed by atoms with E-state index in [1.54, 1.807) is 18.2 Å². The van der Waals surface area contributed by atoms with Gasteiger partial charge in [-0.05, 0) is 62.9 Å². The Labute approximate surface area is 185 Å². The number of hydrogen-bond donors (Lipinski definition) is 1. The van der Waals surface area contributed by atoms with Gasteiger partial charge in [-0.3, -0.25) is 9.69 Å². The Balaban J connectivity index is 1.41. The first-order chi connectivity index (χ1) is 14.7. The number of hydrogen-bond acceptors (Lipinski definition) is 5. The van der Waals surface area contributed by atoms with Crippen molar-refractivity contribution in [3.05, 3.63) is 59.7 Å². The number of likely N-dealkylation sites (N-methyl/N-ethyl adjacent to an activating group) is 1. The molecule has 1 aliphatic carbocycles. The summed E-state index contributed by atoms with van der Waals surface area (Å²) in [5, 5.41) is 3.21. The first kappa shape index (κ1) is 23.3. The van der Waals surface area contributed by atoms with Crippen LogP contribution in [0.25, 0.3) is 0 Å². The van der Waals surface area contributed by atoms with Gasteiger partial charge in [-0.2, -0.15) is 0 Å². The van der Waals surface area contributed by atoms with Crippen LogP contribution in [0, 0.1) is 12.8 Å². The fourth-order valence-electron chi connectivity index (χ4n) is 3.54. The second kappa shape index (κ2) is 10.3. The van der Waals surface area contributed by atoms with Crippen LogP contribution in [0.5, 0.6) is 5.75 Å². The average molecular weight is 445 g/mol. The molecule has 1 fully saturated rings. The first-order valence-electron chi connectivity index (χ1n) is 10.7. The summed E-state index contributed by atoms with van der Waals surface area (Å²) in [6, 6.07) is 15.0. The van der Waals surface area contributed by atoms with Crippen molar-refractivity contribution in [1.29, 1.82) is 0 Å². The van der Waals surface area contributed by atoms with Crippen molar-refractivity contribution in [3.8, 4) is 5.75 Å². The smallest absolute Gasteiger partial charge is 0.234 e. The number of nitrogens with one attached hydrogen (secondary N) is 1. The Hall–Kier alpha value is -2.38. The molecule has 1 saturated carbocycles. The molecule has 1 unspecified atom stereocenters. The number of ether oxygens (including phenoxy) is 1. The van der Waals surface area contributed by atoms with Crippen molar-refractivity contribution in [2.75, 3.05) is 33.0 Å². The molecule has 168 valence electrons. The number of carbonyl (C=O) groups is 1. The van der Waals surface area contributed by atoms with Gasteiger partial charge < -0.3 is 10.1 Å². The Kier molecular flexibility index (Phi) is 7.73. The molecule has 0 heterocycles. The largest absolute Gasteiger partial charge is 0.494 e. The van der Waals surface area contributed by atoms with E-state index in [9.17, 15) is 13.2 Å². The molecule has 0 saturated heterocycles. The molecule has 6 nitrogen and oxygen atoms in total. The third-order valence-electron chi connectivity index (χ3n) is 5.45. The number of amides is 1. The Bertz CT molecular complexity index is 985. The van der Waals surface area contributed by atoms with E-state index in [1.165, 1.54) is 23.4 Å². The Morgan fingerprint density at radius 3 is 2.55 bits per heavy atom. The molecule has 1 amide bonds. The van der Waals surface area contributed by atoms with Gasteiger partial charge in [0.1, 0.15) is 5.75 Å². The number of rotatable bonds is 11. The molecule has 1 atom stereocenters. The van der Waals surface area contributed by atoms with Crippen LogP contribution < -0.4 is 10.1 Å². The topological polar surface area (TPSA) is 75.7 Å². The van der Waals surface area contributed by atoms with Crippen molar-refractivity contribution in [2.24, 2.45) is 5.92 Å². The predicted molar refractivity (Wildman–Crippen MR) is 122 cm³/mol. The van der Waals surface area contributed by atoms with Gasteiger partial charge in [0.05, 0.1) is 24.1 Å². The van der Waals surface area contributed by atoms with E-state index in [0.717, 1.165) is 19.3 Å². The number of benzene rings is 2. The van der Waals surface area contributed by atoms with Crippen molar-refractivity contribution in [2.45, 2.75) is 37.1 Å². The molecule has 1 N–H and O–H groups in total. The summed E-state index contributed by atoms with van der Waals surface area (Å²) in [6.07, 6.45) is 4.23. The summed E-state index contributed by atoms with van der Waals surface area (Å²) < 4.78 is 28.9. The second-order valence-electron chi connectivity index (χ2n) is 8.48. The molecule has 2 aromatic rings. The molecule has 7 heteroatoms. The molecule has 0 spiro atoms. The standard InChI is InChI=1S/C24H32N2O4S/c1-18-8-10-19(11-9-18)24(20-12-13-20)25-23(27)17-26(2)14-5-15-30-21-6-4-7-22(16-21)31(3,28)29/h4,6-11,16,20,24H,5,12-15,17H2,1-3H3,(H,25,27). The van der Waals surface area contributed by atoms with Crippen LogP contribution in [0.15, 0.2) is 53.4 Å². The SMILES string of the molecule is Cc1ccc(C(NC(=O)CN(C)CCCOc2cccc(S(C)(=O)=O)c2)C2CC2)cc1. The fourth-order valence-corrected chi connectivity index (χ4v) is 4.20.